The molecule has 0 bridgehead atoms. The number of benzene rings is 1. The van der Waals surface area contributed by atoms with Crippen molar-refractivity contribution in [1.82, 2.24) is 15.2 Å². The van der Waals surface area contributed by atoms with Crippen molar-refractivity contribution in [3.8, 4) is 0 Å². The molecule has 1 saturated heterocycles. The van der Waals surface area contributed by atoms with Gasteiger partial charge in [0, 0.05) is 36.6 Å². The molecule has 24 heavy (non-hydrogen) atoms. The smallest absolute Gasteiger partial charge is 0.252 e. The van der Waals surface area contributed by atoms with Gasteiger partial charge in [0.1, 0.15) is 0 Å². The number of nitrogens with one attached hydrogen (secondary N) is 1. The van der Waals surface area contributed by atoms with E-state index in [1.54, 1.807) is 6.07 Å². The van der Waals surface area contributed by atoms with E-state index < -0.39 is 0 Å². The molecule has 6 heteroatoms. The summed E-state index contributed by atoms with van der Waals surface area (Å²) in [5.41, 5.74) is 2.06. The Morgan fingerprint density at radius 1 is 1.50 bits per heavy atom. The number of aromatic nitrogens is 1. The number of hydrogen-bond donors (Lipinski definition) is 1. The first-order valence-corrected chi connectivity index (χ1v) is 8.52. The average molecular weight is 348 g/mol. The second-order valence-corrected chi connectivity index (χ2v) is 6.77. The van der Waals surface area contributed by atoms with E-state index in [0.717, 1.165) is 30.8 Å². The Morgan fingerprint density at radius 3 is 3.17 bits per heavy atom. The lowest BCUT2D eigenvalue weighted by Crippen LogP contribution is -2.36. The molecule has 128 valence electrons. The van der Waals surface area contributed by atoms with Crippen molar-refractivity contribution in [1.29, 1.82) is 0 Å². The molecule has 1 aliphatic rings. The third-order valence-corrected chi connectivity index (χ3v) is 4.56. The molecule has 1 aromatic carbocycles. The maximum Gasteiger partial charge on any atom is 0.252 e. The topological polar surface area (TPSA) is 54.5 Å². The van der Waals surface area contributed by atoms with Gasteiger partial charge in [-0.15, -0.1) is 0 Å². The highest BCUT2D eigenvalue weighted by molar-refractivity contribution is 6.35. The van der Waals surface area contributed by atoms with Crippen LogP contribution in [0.2, 0.25) is 5.02 Å². The lowest BCUT2D eigenvalue weighted by molar-refractivity contribution is 0.0923. The van der Waals surface area contributed by atoms with Gasteiger partial charge in [-0.05, 0) is 26.1 Å². The Kier molecular flexibility index (Phi) is 5.33. The summed E-state index contributed by atoms with van der Waals surface area (Å²) in [6.07, 6.45) is 0. The standard InChI is InChI=1S/C18H22ClN3O2/c1-12-8-15(14-4-3-5-16(19)17(14)21-12)18(23)20-9-13-10-22(2)6-7-24-11-13/h3-5,8,13H,6-7,9-11H2,1-2H3,(H,20,23)/t13-/m0/s1. The predicted octanol–water partition coefficient (Wildman–Crippen LogP) is 2.50. The van der Waals surface area contributed by atoms with Crippen LogP contribution < -0.4 is 5.32 Å². The highest BCUT2D eigenvalue weighted by Gasteiger charge is 2.19. The molecule has 3 rings (SSSR count). The number of aryl methyl sites for hydroxylation is 1. The number of ether oxygens (including phenoxy) is 1. The fourth-order valence-corrected chi connectivity index (χ4v) is 3.26. The Labute approximate surface area is 146 Å². The summed E-state index contributed by atoms with van der Waals surface area (Å²) in [5.74, 6) is 0.193. The third kappa shape index (κ3) is 3.86. The first-order chi connectivity index (χ1) is 11.5. The van der Waals surface area contributed by atoms with Crippen LogP contribution in [0.25, 0.3) is 10.9 Å². The minimum absolute atomic E-state index is 0.0975. The first kappa shape index (κ1) is 17.1. The van der Waals surface area contributed by atoms with Crippen LogP contribution in [0.5, 0.6) is 0 Å². The number of likely N-dealkylation sites (N-methyl/N-ethyl adjacent to an activating group) is 1. The van der Waals surface area contributed by atoms with Gasteiger partial charge in [0.2, 0.25) is 0 Å². The molecule has 0 spiro atoms. The maximum atomic E-state index is 12.7. The minimum atomic E-state index is -0.0975. The van der Waals surface area contributed by atoms with Gasteiger partial charge in [-0.25, -0.2) is 0 Å². The number of carbonyl (C=O) groups is 1. The summed E-state index contributed by atoms with van der Waals surface area (Å²) in [5, 5.41) is 4.38. The fourth-order valence-electron chi connectivity index (χ4n) is 3.04. The van der Waals surface area contributed by atoms with Crippen molar-refractivity contribution in [3.63, 3.8) is 0 Å². The van der Waals surface area contributed by atoms with Crippen molar-refractivity contribution in [2.75, 3.05) is 39.9 Å². The van der Waals surface area contributed by atoms with Crippen LogP contribution >= 0.6 is 11.6 Å². The summed E-state index contributed by atoms with van der Waals surface area (Å²) < 4.78 is 5.60. The van der Waals surface area contributed by atoms with Gasteiger partial charge >= 0.3 is 0 Å². The van der Waals surface area contributed by atoms with E-state index in [1.165, 1.54) is 0 Å². The maximum absolute atomic E-state index is 12.7. The van der Waals surface area contributed by atoms with Gasteiger partial charge in [0.15, 0.2) is 0 Å². The average Bonchev–Trinajstić information content (AvgIpc) is 2.77. The molecule has 5 nitrogen and oxygen atoms in total. The van der Waals surface area contributed by atoms with Gasteiger partial charge in [-0.2, -0.15) is 0 Å². The normalized spacial score (nSPS) is 19.2. The molecule has 0 saturated carbocycles. The SMILES string of the molecule is Cc1cc(C(=O)NC[C@@H]2COCCN(C)C2)c2cccc(Cl)c2n1. The minimum Gasteiger partial charge on any atom is -0.380 e. The zero-order valence-corrected chi connectivity index (χ0v) is 14.8. The second-order valence-electron chi connectivity index (χ2n) is 6.36. The Hall–Kier alpha value is -1.69. The van der Waals surface area contributed by atoms with Crippen LogP contribution in [-0.2, 0) is 4.74 Å². The van der Waals surface area contributed by atoms with Crippen molar-refractivity contribution >= 4 is 28.4 Å². The molecule has 1 amide bonds. The molecule has 1 fully saturated rings. The van der Waals surface area contributed by atoms with E-state index in [9.17, 15) is 4.79 Å². The third-order valence-electron chi connectivity index (χ3n) is 4.26. The molecule has 1 aliphatic heterocycles. The summed E-state index contributed by atoms with van der Waals surface area (Å²) >= 11 is 6.22. The van der Waals surface area contributed by atoms with E-state index in [4.69, 9.17) is 16.3 Å². The molecular formula is C18H22ClN3O2. The number of para-hydroxylation sites is 1. The highest BCUT2D eigenvalue weighted by atomic mass is 35.5. The molecular weight excluding hydrogens is 326 g/mol. The molecule has 1 atom stereocenters. The predicted molar refractivity (Wildman–Crippen MR) is 95.6 cm³/mol. The van der Waals surface area contributed by atoms with Crippen LogP contribution in [0.1, 0.15) is 16.1 Å². The number of nitrogens with zero attached hydrogens (tertiary/aromatic N) is 2. The number of halogens is 1. The zero-order chi connectivity index (χ0) is 17.1. The molecule has 2 aromatic rings. The summed E-state index contributed by atoms with van der Waals surface area (Å²) in [6, 6.07) is 7.32. The number of amides is 1. The van der Waals surface area contributed by atoms with E-state index in [1.807, 2.05) is 25.1 Å². The molecule has 0 radical (unpaired) electrons. The molecule has 1 aromatic heterocycles. The second kappa shape index (κ2) is 7.47. The summed E-state index contributed by atoms with van der Waals surface area (Å²) in [7, 11) is 2.07. The van der Waals surface area contributed by atoms with E-state index >= 15 is 0 Å². The van der Waals surface area contributed by atoms with Crippen LogP contribution in [0, 0.1) is 12.8 Å². The number of hydrogen-bond acceptors (Lipinski definition) is 4. The van der Waals surface area contributed by atoms with E-state index in [0.29, 0.717) is 35.2 Å². The molecule has 1 N–H and O–H groups in total. The Bertz CT molecular complexity index is 750. The van der Waals surface area contributed by atoms with Gasteiger partial charge in [0.25, 0.3) is 5.91 Å². The summed E-state index contributed by atoms with van der Waals surface area (Å²) in [4.78, 5) is 19.4. The van der Waals surface area contributed by atoms with Crippen LogP contribution in [0.3, 0.4) is 0 Å². The summed E-state index contributed by atoms with van der Waals surface area (Å²) in [6.45, 7) is 5.72. The number of carbonyl (C=O) groups excluding carboxylic acids is 1. The quantitative estimate of drug-likeness (QED) is 0.927. The van der Waals surface area contributed by atoms with Crippen LogP contribution in [0.4, 0.5) is 0 Å². The molecule has 0 aliphatic carbocycles. The van der Waals surface area contributed by atoms with Crippen molar-refractivity contribution in [3.05, 3.63) is 40.5 Å². The van der Waals surface area contributed by atoms with E-state index in [2.05, 4.69) is 22.2 Å². The van der Waals surface area contributed by atoms with Gasteiger partial charge < -0.3 is 15.0 Å². The molecule has 2 heterocycles. The molecule has 0 unspecified atom stereocenters. The van der Waals surface area contributed by atoms with Gasteiger partial charge in [0.05, 0.1) is 29.3 Å². The monoisotopic (exact) mass is 347 g/mol. The number of pyridine rings is 1. The van der Waals surface area contributed by atoms with Crippen molar-refractivity contribution in [2.24, 2.45) is 5.92 Å². The van der Waals surface area contributed by atoms with E-state index in [-0.39, 0.29) is 5.91 Å². The lowest BCUT2D eigenvalue weighted by atomic mass is 10.1. The van der Waals surface area contributed by atoms with Gasteiger partial charge in [-0.3, -0.25) is 9.78 Å². The lowest BCUT2D eigenvalue weighted by Gasteiger charge is -2.19. The Balaban J connectivity index is 1.78. The van der Waals surface area contributed by atoms with Crippen molar-refractivity contribution in [2.45, 2.75) is 6.92 Å². The fraction of sp³-hybridized carbons (Fsp3) is 0.444. The zero-order valence-electron chi connectivity index (χ0n) is 14.0. The number of fused-ring (bicyclic) bond motifs is 1. The van der Waals surface area contributed by atoms with Crippen LogP contribution in [-0.4, -0.2) is 55.7 Å². The number of rotatable bonds is 3. The van der Waals surface area contributed by atoms with Crippen LogP contribution in [0.15, 0.2) is 24.3 Å². The first-order valence-electron chi connectivity index (χ1n) is 8.15. The van der Waals surface area contributed by atoms with Crippen molar-refractivity contribution < 1.29 is 9.53 Å². The largest absolute Gasteiger partial charge is 0.380 e. The Morgan fingerprint density at radius 2 is 2.33 bits per heavy atom. The van der Waals surface area contributed by atoms with Gasteiger partial charge in [-0.1, -0.05) is 23.7 Å². The highest BCUT2D eigenvalue weighted by Crippen LogP contribution is 2.25.